The molecule has 2 atom stereocenters. The average Bonchev–Trinajstić information content (AvgIpc) is 3.03. The lowest BCUT2D eigenvalue weighted by atomic mass is 9.81. The average molecular weight is 360 g/mol. The molecule has 1 fully saturated rings. The first-order valence-corrected chi connectivity index (χ1v) is 7.83. The molecule has 116 valence electrons. The van der Waals surface area contributed by atoms with Crippen molar-refractivity contribution in [1.29, 1.82) is 0 Å². The lowest BCUT2D eigenvalue weighted by Gasteiger charge is -2.37. The molecule has 2 aliphatic rings. The zero-order chi connectivity index (χ0) is 14.2. The van der Waals surface area contributed by atoms with Crippen molar-refractivity contribution < 1.29 is 4.74 Å². The highest BCUT2D eigenvalue weighted by Gasteiger charge is 2.36. The molecule has 0 aliphatic carbocycles. The third-order valence-electron chi connectivity index (χ3n) is 5.01. The van der Waals surface area contributed by atoms with Crippen molar-refractivity contribution >= 4 is 17.0 Å². The van der Waals surface area contributed by atoms with E-state index in [9.17, 15) is 0 Å². The Hall–Kier alpha value is -1.32. The first kappa shape index (κ1) is 15.6. The summed E-state index contributed by atoms with van der Waals surface area (Å²) >= 11 is 0. The number of ether oxygens (including phenoxy) is 1. The van der Waals surface area contributed by atoms with Crippen molar-refractivity contribution in [2.45, 2.75) is 24.8 Å². The molecule has 0 aromatic heterocycles. The van der Waals surface area contributed by atoms with E-state index < -0.39 is 0 Å². The molecule has 2 heterocycles. The number of rotatable bonds is 2. The lowest BCUT2D eigenvalue weighted by molar-refractivity contribution is 0.229. The van der Waals surface area contributed by atoms with Crippen molar-refractivity contribution in [1.82, 2.24) is 4.90 Å². The summed E-state index contributed by atoms with van der Waals surface area (Å²) in [5.74, 6) is 1.47. The van der Waals surface area contributed by atoms with Crippen molar-refractivity contribution in [2.24, 2.45) is 0 Å². The van der Waals surface area contributed by atoms with Crippen LogP contribution in [0.3, 0.4) is 0 Å². The molecule has 22 heavy (non-hydrogen) atoms. The van der Waals surface area contributed by atoms with Crippen LogP contribution in [-0.4, -0.2) is 25.1 Å². The van der Waals surface area contributed by atoms with Crippen LogP contribution >= 0.6 is 17.0 Å². The zero-order valence-corrected chi connectivity index (χ0v) is 14.6. The topological polar surface area (TPSA) is 12.5 Å². The molecule has 2 aliphatic heterocycles. The fraction of sp³-hybridized carbons (Fsp3) is 0.368. The standard InChI is InChI=1S/C19H21NO.BrH/c1-21-15-9-10-16-17(12-15)19-8-5-11-20(19)13-18(16)14-6-3-2-4-7-14;/h2-4,6-7,9-10,12,18-19H,5,8,11,13H2,1H3;1H/t18-,19-;/m0./s1. The van der Waals surface area contributed by atoms with E-state index in [1.165, 1.54) is 36.1 Å². The molecule has 0 amide bonds. The van der Waals surface area contributed by atoms with Crippen molar-refractivity contribution in [2.75, 3.05) is 20.2 Å². The highest BCUT2D eigenvalue weighted by molar-refractivity contribution is 8.93. The molecule has 2 aromatic rings. The number of methoxy groups -OCH3 is 1. The van der Waals surface area contributed by atoms with Gasteiger partial charge in [-0.05, 0) is 48.2 Å². The molecular weight excluding hydrogens is 338 g/mol. The Morgan fingerprint density at radius 3 is 2.64 bits per heavy atom. The molecule has 3 heteroatoms. The van der Waals surface area contributed by atoms with Crippen molar-refractivity contribution in [3.8, 4) is 5.75 Å². The van der Waals surface area contributed by atoms with Gasteiger partial charge < -0.3 is 4.74 Å². The smallest absolute Gasteiger partial charge is 0.119 e. The largest absolute Gasteiger partial charge is 0.497 e. The van der Waals surface area contributed by atoms with Crippen molar-refractivity contribution in [3.05, 3.63) is 65.2 Å². The van der Waals surface area contributed by atoms with Gasteiger partial charge in [0.05, 0.1) is 7.11 Å². The van der Waals surface area contributed by atoms with Gasteiger partial charge in [0, 0.05) is 18.5 Å². The molecule has 0 bridgehead atoms. The Kier molecular flexibility index (Phi) is 4.55. The van der Waals surface area contributed by atoms with Crippen LogP contribution in [0.1, 0.15) is 41.5 Å². The summed E-state index contributed by atoms with van der Waals surface area (Å²) in [5, 5.41) is 0. The number of nitrogens with zero attached hydrogens (tertiary/aromatic N) is 1. The van der Waals surface area contributed by atoms with E-state index in [2.05, 4.69) is 53.4 Å². The van der Waals surface area contributed by atoms with Gasteiger partial charge in [0.1, 0.15) is 5.75 Å². The molecule has 4 rings (SSSR count). The summed E-state index contributed by atoms with van der Waals surface area (Å²) in [7, 11) is 1.76. The maximum absolute atomic E-state index is 5.45. The van der Waals surface area contributed by atoms with Crippen LogP contribution < -0.4 is 4.74 Å². The number of fused-ring (bicyclic) bond motifs is 3. The Balaban J connectivity index is 0.00000144. The molecule has 0 unspecified atom stereocenters. The summed E-state index contributed by atoms with van der Waals surface area (Å²) in [4.78, 5) is 2.65. The first-order valence-electron chi connectivity index (χ1n) is 7.83. The first-order chi connectivity index (χ1) is 10.4. The summed E-state index contributed by atoms with van der Waals surface area (Å²) in [5.41, 5.74) is 4.39. The predicted octanol–water partition coefficient (Wildman–Crippen LogP) is 4.56. The van der Waals surface area contributed by atoms with Gasteiger partial charge in [-0.1, -0.05) is 36.4 Å². The Morgan fingerprint density at radius 1 is 1.05 bits per heavy atom. The zero-order valence-electron chi connectivity index (χ0n) is 12.9. The van der Waals surface area contributed by atoms with Crippen LogP contribution in [0, 0.1) is 0 Å². The maximum atomic E-state index is 5.45. The number of hydrogen-bond donors (Lipinski definition) is 0. The van der Waals surface area contributed by atoms with Gasteiger partial charge in [0.25, 0.3) is 0 Å². The lowest BCUT2D eigenvalue weighted by Crippen LogP contribution is -2.34. The van der Waals surface area contributed by atoms with Crippen LogP contribution in [-0.2, 0) is 0 Å². The van der Waals surface area contributed by atoms with E-state index in [1.807, 2.05) is 0 Å². The van der Waals surface area contributed by atoms with Gasteiger partial charge in [-0.3, -0.25) is 4.90 Å². The fourth-order valence-electron chi connectivity index (χ4n) is 3.99. The predicted molar refractivity (Wildman–Crippen MR) is 95.1 cm³/mol. The Morgan fingerprint density at radius 2 is 1.86 bits per heavy atom. The van der Waals surface area contributed by atoms with Crippen LogP contribution in [0.25, 0.3) is 0 Å². The fourth-order valence-corrected chi connectivity index (χ4v) is 3.99. The number of benzene rings is 2. The van der Waals surface area contributed by atoms with E-state index in [4.69, 9.17) is 4.74 Å². The molecule has 2 aromatic carbocycles. The second-order valence-corrected chi connectivity index (χ2v) is 6.11. The molecule has 2 nitrogen and oxygen atoms in total. The minimum Gasteiger partial charge on any atom is -0.497 e. The summed E-state index contributed by atoms with van der Waals surface area (Å²) in [6.07, 6.45) is 2.59. The molecule has 0 saturated carbocycles. The van der Waals surface area contributed by atoms with Crippen LogP contribution in [0.15, 0.2) is 48.5 Å². The monoisotopic (exact) mass is 359 g/mol. The van der Waals surface area contributed by atoms with Gasteiger partial charge in [-0.25, -0.2) is 0 Å². The van der Waals surface area contributed by atoms with Crippen LogP contribution in [0.4, 0.5) is 0 Å². The second kappa shape index (κ2) is 6.43. The third kappa shape index (κ3) is 2.57. The van der Waals surface area contributed by atoms with Gasteiger partial charge in [-0.2, -0.15) is 0 Å². The maximum Gasteiger partial charge on any atom is 0.119 e. The normalized spacial score (nSPS) is 23.3. The molecule has 0 spiro atoms. The summed E-state index contributed by atoms with van der Waals surface area (Å²) < 4.78 is 5.45. The van der Waals surface area contributed by atoms with Crippen LogP contribution in [0.5, 0.6) is 5.75 Å². The minimum absolute atomic E-state index is 0. The van der Waals surface area contributed by atoms with Crippen molar-refractivity contribution in [3.63, 3.8) is 0 Å². The molecular formula is C19H22BrNO. The van der Waals surface area contributed by atoms with Gasteiger partial charge in [0.15, 0.2) is 0 Å². The molecule has 0 radical (unpaired) electrons. The SMILES string of the molecule is Br.COc1ccc2c(c1)[C@@H]1CCCN1C[C@H]2c1ccccc1. The second-order valence-electron chi connectivity index (χ2n) is 6.11. The molecule has 1 saturated heterocycles. The Bertz CT molecular complexity index is 643. The van der Waals surface area contributed by atoms with E-state index in [1.54, 1.807) is 7.11 Å². The Labute approximate surface area is 142 Å². The third-order valence-corrected chi connectivity index (χ3v) is 5.01. The van der Waals surface area contributed by atoms with E-state index in [0.717, 1.165) is 12.3 Å². The van der Waals surface area contributed by atoms with E-state index >= 15 is 0 Å². The summed E-state index contributed by atoms with van der Waals surface area (Å²) in [6.45, 7) is 2.37. The highest BCUT2D eigenvalue weighted by atomic mass is 79.9. The van der Waals surface area contributed by atoms with Gasteiger partial charge in [0.2, 0.25) is 0 Å². The number of halogens is 1. The van der Waals surface area contributed by atoms with Crippen LogP contribution in [0.2, 0.25) is 0 Å². The molecule has 0 N–H and O–H groups in total. The van der Waals surface area contributed by atoms with E-state index in [0.29, 0.717) is 12.0 Å². The number of hydrogen-bond acceptors (Lipinski definition) is 2. The summed E-state index contributed by atoms with van der Waals surface area (Å²) in [6, 6.07) is 18.1. The van der Waals surface area contributed by atoms with Gasteiger partial charge in [-0.15, -0.1) is 17.0 Å². The minimum atomic E-state index is 0. The van der Waals surface area contributed by atoms with E-state index in [-0.39, 0.29) is 17.0 Å². The van der Waals surface area contributed by atoms with Gasteiger partial charge >= 0.3 is 0 Å². The highest BCUT2D eigenvalue weighted by Crippen LogP contribution is 2.45. The quantitative estimate of drug-likeness (QED) is 0.779.